The molecule has 0 N–H and O–H groups in total. The van der Waals surface area contributed by atoms with Gasteiger partial charge in [-0.05, 0) is 31.9 Å². The number of fused-ring (bicyclic) bond motifs is 5. The molecular weight excluding hydrogens is 344 g/mol. The van der Waals surface area contributed by atoms with Crippen LogP contribution < -0.4 is 4.90 Å². The summed E-state index contributed by atoms with van der Waals surface area (Å²) in [6, 6.07) is 5.96. The molecule has 3 aromatic heterocycles. The molecule has 6 heterocycles. The van der Waals surface area contributed by atoms with E-state index in [4.69, 9.17) is 4.52 Å². The number of aromatic nitrogens is 4. The SMILES string of the molecule is Cc1noc2ncnc(N3C[C@H]4CC[C@@H](C3)N(Cc3ccccn3)C4=O)c12. The van der Waals surface area contributed by atoms with Crippen molar-refractivity contribution in [1.82, 2.24) is 25.0 Å². The molecule has 0 aromatic carbocycles. The summed E-state index contributed by atoms with van der Waals surface area (Å²) in [7, 11) is 0. The molecule has 0 aliphatic carbocycles. The third-order valence-electron chi connectivity index (χ3n) is 5.57. The maximum Gasteiger partial charge on any atom is 0.263 e. The van der Waals surface area contributed by atoms with Crippen molar-refractivity contribution in [3.8, 4) is 0 Å². The van der Waals surface area contributed by atoms with E-state index < -0.39 is 0 Å². The Labute approximate surface area is 156 Å². The molecule has 3 fully saturated rings. The standard InChI is InChI=1S/C19H20N6O2/c1-12-16-17(21-11-22-18(16)27-23-12)24-8-13-5-6-15(10-24)25(19(13)26)9-14-4-2-3-7-20-14/h2-4,7,11,13,15H,5-6,8-10H2,1H3/t13-,15+/m1/s1. The summed E-state index contributed by atoms with van der Waals surface area (Å²) in [5.74, 6) is 0.993. The van der Waals surface area contributed by atoms with Gasteiger partial charge >= 0.3 is 0 Å². The molecular formula is C19H20N6O2. The fourth-order valence-electron chi connectivity index (χ4n) is 4.23. The highest BCUT2D eigenvalue weighted by atomic mass is 16.5. The monoisotopic (exact) mass is 364 g/mol. The molecule has 0 radical (unpaired) electrons. The van der Waals surface area contributed by atoms with Gasteiger partial charge in [0.05, 0.1) is 23.9 Å². The van der Waals surface area contributed by atoms with Crippen molar-refractivity contribution in [2.75, 3.05) is 18.0 Å². The minimum Gasteiger partial charge on any atom is -0.353 e. The Bertz CT molecular complexity index is 988. The Balaban J connectivity index is 1.48. The van der Waals surface area contributed by atoms with E-state index in [-0.39, 0.29) is 17.9 Å². The van der Waals surface area contributed by atoms with Crippen molar-refractivity contribution in [3.63, 3.8) is 0 Å². The van der Waals surface area contributed by atoms with E-state index in [0.717, 1.165) is 42.0 Å². The van der Waals surface area contributed by atoms with Gasteiger partial charge in [0.25, 0.3) is 5.71 Å². The van der Waals surface area contributed by atoms with Gasteiger partial charge in [0.15, 0.2) is 0 Å². The lowest BCUT2D eigenvalue weighted by Gasteiger charge is -2.35. The van der Waals surface area contributed by atoms with Gasteiger partial charge in [-0.25, -0.2) is 4.98 Å². The van der Waals surface area contributed by atoms with Gasteiger partial charge in [0.2, 0.25) is 5.91 Å². The zero-order valence-electron chi connectivity index (χ0n) is 15.1. The van der Waals surface area contributed by atoms with Crippen LogP contribution in [0.1, 0.15) is 24.2 Å². The number of hydrogen-bond acceptors (Lipinski definition) is 7. The van der Waals surface area contributed by atoms with Crippen molar-refractivity contribution in [2.24, 2.45) is 5.92 Å². The Morgan fingerprint density at radius 1 is 1.19 bits per heavy atom. The quantitative estimate of drug-likeness (QED) is 0.702. The Morgan fingerprint density at radius 3 is 2.96 bits per heavy atom. The number of rotatable bonds is 3. The molecule has 3 aliphatic rings. The van der Waals surface area contributed by atoms with E-state index in [1.807, 2.05) is 30.0 Å². The van der Waals surface area contributed by atoms with E-state index in [0.29, 0.717) is 18.8 Å². The molecule has 138 valence electrons. The summed E-state index contributed by atoms with van der Waals surface area (Å²) in [5.41, 5.74) is 2.18. The largest absolute Gasteiger partial charge is 0.353 e. The molecule has 8 heteroatoms. The van der Waals surface area contributed by atoms with Crippen molar-refractivity contribution >= 4 is 22.8 Å². The van der Waals surface area contributed by atoms with Crippen LogP contribution >= 0.6 is 0 Å². The van der Waals surface area contributed by atoms with Crippen molar-refractivity contribution in [1.29, 1.82) is 0 Å². The van der Waals surface area contributed by atoms with E-state index in [2.05, 4.69) is 25.0 Å². The van der Waals surface area contributed by atoms with Crippen LogP contribution in [0.5, 0.6) is 0 Å². The predicted octanol–water partition coefficient (Wildman–Crippen LogP) is 1.95. The molecule has 3 saturated heterocycles. The van der Waals surface area contributed by atoms with Crippen LogP contribution in [0, 0.1) is 12.8 Å². The molecule has 8 nitrogen and oxygen atoms in total. The van der Waals surface area contributed by atoms with Crippen LogP contribution in [-0.4, -0.2) is 50.0 Å². The average Bonchev–Trinajstić information content (AvgIpc) is 2.88. The Morgan fingerprint density at radius 2 is 2.11 bits per heavy atom. The normalized spacial score (nSPS) is 22.5. The molecule has 3 aliphatic heterocycles. The second-order valence-corrected chi connectivity index (χ2v) is 7.27. The number of amides is 1. The first-order valence-corrected chi connectivity index (χ1v) is 9.23. The summed E-state index contributed by atoms with van der Waals surface area (Å²) in [6.07, 6.45) is 5.18. The summed E-state index contributed by atoms with van der Waals surface area (Å²) in [5, 5.41) is 4.86. The number of hydrogen-bond donors (Lipinski definition) is 0. The van der Waals surface area contributed by atoms with Crippen LogP contribution in [0.2, 0.25) is 0 Å². The number of piperidine rings is 1. The van der Waals surface area contributed by atoms with Gasteiger partial charge in [-0.15, -0.1) is 0 Å². The first-order chi connectivity index (χ1) is 13.2. The molecule has 6 rings (SSSR count). The molecule has 1 amide bonds. The first-order valence-electron chi connectivity index (χ1n) is 9.23. The Kier molecular flexibility index (Phi) is 3.77. The average molecular weight is 364 g/mol. The lowest BCUT2D eigenvalue weighted by Crippen LogP contribution is -2.47. The molecule has 0 spiro atoms. The number of pyridine rings is 1. The number of anilines is 1. The lowest BCUT2D eigenvalue weighted by atomic mass is 9.94. The maximum absolute atomic E-state index is 13.1. The molecule has 27 heavy (non-hydrogen) atoms. The summed E-state index contributed by atoms with van der Waals surface area (Å²) in [6.45, 7) is 3.85. The zero-order valence-corrected chi connectivity index (χ0v) is 15.1. The molecule has 2 bridgehead atoms. The highest BCUT2D eigenvalue weighted by Gasteiger charge is 2.41. The number of nitrogens with zero attached hydrogens (tertiary/aromatic N) is 6. The van der Waals surface area contributed by atoms with Crippen molar-refractivity contribution < 1.29 is 9.32 Å². The second-order valence-electron chi connectivity index (χ2n) is 7.27. The van der Waals surface area contributed by atoms with Crippen LogP contribution in [0.4, 0.5) is 5.82 Å². The van der Waals surface area contributed by atoms with E-state index >= 15 is 0 Å². The van der Waals surface area contributed by atoms with Gasteiger partial charge in [-0.1, -0.05) is 11.2 Å². The van der Waals surface area contributed by atoms with Crippen LogP contribution in [0.25, 0.3) is 11.1 Å². The zero-order chi connectivity index (χ0) is 18.4. The van der Waals surface area contributed by atoms with E-state index in [1.54, 1.807) is 6.20 Å². The summed E-state index contributed by atoms with van der Waals surface area (Å²) < 4.78 is 5.29. The van der Waals surface area contributed by atoms with Crippen LogP contribution in [0.15, 0.2) is 35.2 Å². The lowest BCUT2D eigenvalue weighted by molar-refractivity contribution is -0.140. The van der Waals surface area contributed by atoms with Crippen molar-refractivity contribution in [2.45, 2.75) is 32.4 Å². The van der Waals surface area contributed by atoms with Gasteiger partial charge in [-0.2, -0.15) is 4.98 Å². The smallest absolute Gasteiger partial charge is 0.263 e. The van der Waals surface area contributed by atoms with Crippen LogP contribution in [-0.2, 0) is 11.3 Å². The number of aryl methyl sites for hydroxylation is 1. The van der Waals surface area contributed by atoms with Crippen molar-refractivity contribution in [3.05, 3.63) is 42.1 Å². The first kappa shape index (κ1) is 16.2. The fraction of sp³-hybridized carbons (Fsp3) is 0.421. The highest BCUT2D eigenvalue weighted by Crippen LogP contribution is 2.34. The van der Waals surface area contributed by atoms with Gasteiger partial charge in [-0.3, -0.25) is 9.78 Å². The topological polar surface area (TPSA) is 88.2 Å². The third kappa shape index (κ3) is 2.72. The van der Waals surface area contributed by atoms with E-state index in [1.165, 1.54) is 6.33 Å². The molecule has 0 unspecified atom stereocenters. The number of carbonyl (C=O) groups is 1. The van der Waals surface area contributed by atoms with Gasteiger partial charge in [0.1, 0.15) is 17.5 Å². The molecule has 2 atom stereocenters. The van der Waals surface area contributed by atoms with E-state index in [9.17, 15) is 4.79 Å². The second kappa shape index (κ2) is 6.29. The molecule has 0 saturated carbocycles. The Hall–Kier alpha value is -3.03. The minimum atomic E-state index is -0.0300. The van der Waals surface area contributed by atoms with Gasteiger partial charge < -0.3 is 14.3 Å². The van der Waals surface area contributed by atoms with Gasteiger partial charge in [0, 0.05) is 25.3 Å². The molecule has 3 aromatic rings. The summed E-state index contributed by atoms with van der Waals surface area (Å²) in [4.78, 5) is 30.3. The minimum absolute atomic E-state index is 0.0300. The van der Waals surface area contributed by atoms with Crippen LogP contribution in [0.3, 0.4) is 0 Å². The maximum atomic E-state index is 13.1. The summed E-state index contributed by atoms with van der Waals surface area (Å²) >= 11 is 0. The predicted molar refractivity (Wildman–Crippen MR) is 97.8 cm³/mol. The fourth-order valence-corrected chi connectivity index (χ4v) is 4.23. The third-order valence-corrected chi connectivity index (χ3v) is 5.57. The number of carbonyl (C=O) groups excluding carboxylic acids is 1. The highest BCUT2D eigenvalue weighted by molar-refractivity contribution is 5.89.